The summed E-state index contributed by atoms with van der Waals surface area (Å²) in [4.78, 5) is 22.9. The molecule has 1 amide bonds. The number of hydrogen-bond acceptors (Lipinski definition) is 7. The molecule has 1 fully saturated rings. The summed E-state index contributed by atoms with van der Waals surface area (Å²) in [5.41, 5.74) is 9.66. The lowest BCUT2D eigenvalue weighted by atomic mass is 10.1. The maximum atomic E-state index is 12.4. The SMILES string of the molecule is Cc1ccc(Oc2ccc(-c3nn(C4CCCN(C(=O)CCO)C4)c4ncnc(N)c34)cc2)cc1. The number of likely N-dealkylation sites (tertiary alicyclic amines) is 1. The standard InChI is InChI=1S/C26H28N6O3/c1-17-4-8-20(9-5-17)35-21-10-6-18(7-11-21)24-23-25(27)28-16-29-26(23)32(30-24)19-3-2-13-31(15-19)22(34)12-14-33/h4-11,16,19,33H,2-3,12-15H2,1H3,(H2,27,28,29). The van der Waals surface area contributed by atoms with Crippen LogP contribution < -0.4 is 10.5 Å². The monoisotopic (exact) mass is 472 g/mol. The minimum Gasteiger partial charge on any atom is -0.457 e. The number of aromatic nitrogens is 4. The Morgan fingerprint density at radius 3 is 2.54 bits per heavy atom. The highest BCUT2D eigenvalue weighted by molar-refractivity contribution is 5.98. The molecule has 1 unspecified atom stereocenters. The summed E-state index contributed by atoms with van der Waals surface area (Å²) >= 11 is 0. The maximum Gasteiger partial charge on any atom is 0.224 e. The van der Waals surface area contributed by atoms with E-state index < -0.39 is 0 Å². The number of rotatable bonds is 6. The number of aliphatic hydroxyl groups is 1. The van der Waals surface area contributed by atoms with Gasteiger partial charge in [0.1, 0.15) is 29.3 Å². The molecule has 0 radical (unpaired) electrons. The summed E-state index contributed by atoms with van der Waals surface area (Å²) in [6.07, 6.45) is 3.29. The van der Waals surface area contributed by atoms with E-state index >= 15 is 0 Å². The van der Waals surface area contributed by atoms with Gasteiger partial charge in [0.05, 0.1) is 18.0 Å². The fraction of sp³-hybridized carbons (Fsp3) is 0.308. The zero-order valence-corrected chi connectivity index (χ0v) is 19.6. The largest absolute Gasteiger partial charge is 0.457 e. The van der Waals surface area contributed by atoms with Crippen molar-refractivity contribution in [1.29, 1.82) is 0 Å². The van der Waals surface area contributed by atoms with Crippen LogP contribution in [0.3, 0.4) is 0 Å². The second-order valence-electron chi connectivity index (χ2n) is 8.80. The van der Waals surface area contributed by atoms with Gasteiger partial charge in [-0.3, -0.25) is 4.79 Å². The third-order valence-corrected chi connectivity index (χ3v) is 6.32. The first-order valence-electron chi connectivity index (χ1n) is 11.8. The van der Waals surface area contributed by atoms with Crippen molar-refractivity contribution in [2.75, 3.05) is 25.4 Å². The molecule has 5 rings (SSSR count). The molecular weight excluding hydrogens is 444 g/mol. The molecule has 35 heavy (non-hydrogen) atoms. The Labute approximate surface area is 203 Å². The lowest BCUT2D eigenvalue weighted by molar-refractivity contribution is -0.133. The number of aryl methyl sites for hydroxylation is 1. The number of nitrogens with two attached hydrogens (primary N) is 1. The van der Waals surface area contributed by atoms with Crippen molar-refractivity contribution < 1.29 is 14.6 Å². The van der Waals surface area contributed by atoms with Crippen LogP contribution in [0.2, 0.25) is 0 Å². The highest BCUT2D eigenvalue weighted by Gasteiger charge is 2.28. The number of ether oxygens (including phenoxy) is 1. The van der Waals surface area contributed by atoms with Gasteiger partial charge in [-0.15, -0.1) is 0 Å². The number of carbonyl (C=O) groups excluding carboxylic acids is 1. The van der Waals surface area contributed by atoms with Gasteiger partial charge in [0.25, 0.3) is 0 Å². The predicted molar refractivity (Wildman–Crippen MR) is 133 cm³/mol. The van der Waals surface area contributed by atoms with E-state index in [-0.39, 0.29) is 25.0 Å². The van der Waals surface area contributed by atoms with E-state index in [1.807, 2.05) is 60.1 Å². The summed E-state index contributed by atoms with van der Waals surface area (Å²) in [5, 5.41) is 14.8. The Kier molecular flexibility index (Phi) is 6.33. The van der Waals surface area contributed by atoms with Crippen molar-refractivity contribution in [2.45, 2.75) is 32.2 Å². The molecule has 0 saturated carbocycles. The van der Waals surface area contributed by atoms with Gasteiger partial charge < -0.3 is 20.5 Å². The fourth-order valence-corrected chi connectivity index (χ4v) is 4.51. The first-order valence-corrected chi connectivity index (χ1v) is 11.8. The van der Waals surface area contributed by atoms with Crippen LogP contribution in [0.1, 0.15) is 30.9 Å². The number of hydrogen-bond donors (Lipinski definition) is 2. The molecule has 2 aromatic heterocycles. The number of benzene rings is 2. The highest BCUT2D eigenvalue weighted by Crippen LogP contribution is 2.35. The molecule has 0 spiro atoms. The second-order valence-corrected chi connectivity index (χ2v) is 8.80. The third-order valence-electron chi connectivity index (χ3n) is 6.32. The zero-order chi connectivity index (χ0) is 24.4. The lowest BCUT2D eigenvalue weighted by Crippen LogP contribution is -2.41. The highest BCUT2D eigenvalue weighted by atomic mass is 16.5. The van der Waals surface area contributed by atoms with Crippen LogP contribution in [0, 0.1) is 6.92 Å². The molecule has 4 aromatic rings. The van der Waals surface area contributed by atoms with Gasteiger partial charge in [0, 0.05) is 25.1 Å². The normalized spacial score (nSPS) is 15.9. The number of piperidine rings is 1. The molecule has 3 N–H and O–H groups in total. The number of nitrogens with zero attached hydrogens (tertiary/aromatic N) is 5. The third kappa shape index (κ3) is 4.67. The van der Waals surface area contributed by atoms with E-state index in [1.165, 1.54) is 11.9 Å². The minimum atomic E-state index is -0.151. The average Bonchev–Trinajstić information content (AvgIpc) is 3.27. The van der Waals surface area contributed by atoms with Gasteiger partial charge >= 0.3 is 0 Å². The smallest absolute Gasteiger partial charge is 0.224 e. The number of fused-ring (bicyclic) bond motifs is 1. The molecule has 0 aliphatic carbocycles. The molecule has 3 heterocycles. The number of carbonyl (C=O) groups is 1. The summed E-state index contributed by atoms with van der Waals surface area (Å²) in [6, 6.07) is 15.5. The molecular formula is C26H28N6O3. The lowest BCUT2D eigenvalue weighted by Gasteiger charge is -2.33. The van der Waals surface area contributed by atoms with E-state index in [0.717, 1.165) is 29.9 Å². The summed E-state index contributed by atoms with van der Waals surface area (Å²) in [5.74, 6) is 1.80. The van der Waals surface area contributed by atoms with Crippen LogP contribution in [-0.2, 0) is 4.79 Å². The first kappa shape index (κ1) is 22.8. The molecule has 1 aliphatic rings. The van der Waals surface area contributed by atoms with Crippen LogP contribution in [0.25, 0.3) is 22.3 Å². The van der Waals surface area contributed by atoms with E-state index in [4.69, 9.17) is 20.7 Å². The summed E-state index contributed by atoms with van der Waals surface area (Å²) in [6.45, 7) is 3.08. The van der Waals surface area contributed by atoms with Gasteiger partial charge in [-0.05, 0) is 56.2 Å². The Balaban J connectivity index is 1.46. The minimum absolute atomic E-state index is 0.0407. The molecule has 1 atom stereocenters. The van der Waals surface area contributed by atoms with Gasteiger partial charge in [-0.1, -0.05) is 17.7 Å². The van der Waals surface area contributed by atoms with E-state index in [9.17, 15) is 4.79 Å². The van der Waals surface area contributed by atoms with Crippen LogP contribution in [0.15, 0.2) is 54.9 Å². The van der Waals surface area contributed by atoms with Crippen molar-refractivity contribution >= 4 is 22.8 Å². The quantitative estimate of drug-likeness (QED) is 0.439. The van der Waals surface area contributed by atoms with Crippen molar-refractivity contribution in [2.24, 2.45) is 0 Å². The number of nitrogen functional groups attached to an aromatic ring is 1. The molecule has 9 heteroatoms. The molecule has 1 aliphatic heterocycles. The van der Waals surface area contributed by atoms with Crippen LogP contribution in [-0.4, -0.2) is 55.4 Å². The zero-order valence-electron chi connectivity index (χ0n) is 19.6. The fourth-order valence-electron chi connectivity index (χ4n) is 4.51. The summed E-state index contributed by atoms with van der Waals surface area (Å²) < 4.78 is 7.83. The van der Waals surface area contributed by atoms with E-state index in [0.29, 0.717) is 35.6 Å². The van der Waals surface area contributed by atoms with E-state index in [2.05, 4.69) is 9.97 Å². The number of anilines is 1. The Hall–Kier alpha value is -3.98. The molecule has 0 bridgehead atoms. The van der Waals surface area contributed by atoms with Gasteiger partial charge in [0.2, 0.25) is 5.91 Å². The second kappa shape index (κ2) is 9.71. The Morgan fingerprint density at radius 1 is 1.11 bits per heavy atom. The van der Waals surface area contributed by atoms with Crippen molar-refractivity contribution in [3.63, 3.8) is 0 Å². The van der Waals surface area contributed by atoms with Crippen molar-refractivity contribution in [3.05, 3.63) is 60.4 Å². The van der Waals surface area contributed by atoms with Crippen molar-refractivity contribution in [3.8, 4) is 22.8 Å². The van der Waals surface area contributed by atoms with Gasteiger partial charge in [0.15, 0.2) is 5.65 Å². The summed E-state index contributed by atoms with van der Waals surface area (Å²) in [7, 11) is 0. The topological polar surface area (TPSA) is 119 Å². The predicted octanol–water partition coefficient (Wildman–Crippen LogP) is 3.72. The first-order chi connectivity index (χ1) is 17.0. The van der Waals surface area contributed by atoms with Crippen LogP contribution in [0.4, 0.5) is 5.82 Å². The molecule has 2 aromatic carbocycles. The van der Waals surface area contributed by atoms with Crippen LogP contribution >= 0.6 is 0 Å². The molecule has 180 valence electrons. The Morgan fingerprint density at radius 2 is 1.83 bits per heavy atom. The van der Waals surface area contributed by atoms with Gasteiger partial charge in [-0.25, -0.2) is 14.6 Å². The van der Waals surface area contributed by atoms with Crippen LogP contribution in [0.5, 0.6) is 11.5 Å². The van der Waals surface area contributed by atoms with Crippen molar-refractivity contribution in [1.82, 2.24) is 24.6 Å². The average molecular weight is 473 g/mol. The van der Waals surface area contributed by atoms with Gasteiger partial charge in [-0.2, -0.15) is 5.10 Å². The molecule has 1 saturated heterocycles. The number of aliphatic hydroxyl groups excluding tert-OH is 1. The van der Waals surface area contributed by atoms with E-state index in [1.54, 1.807) is 4.90 Å². The number of amides is 1. The maximum absolute atomic E-state index is 12.4. The molecule has 9 nitrogen and oxygen atoms in total. The Bertz CT molecular complexity index is 1330.